The molecule has 2 aromatic carbocycles. The van der Waals surface area contributed by atoms with E-state index in [2.05, 4.69) is 20.5 Å². The van der Waals surface area contributed by atoms with Crippen molar-refractivity contribution in [3.63, 3.8) is 0 Å². The maximum atomic E-state index is 12.6. The molecule has 9 nitrogen and oxygen atoms in total. The van der Waals surface area contributed by atoms with Gasteiger partial charge in [-0.2, -0.15) is 5.10 Å². The van der Waals surface area contributed by atoms with E-state index in [0.717, 1.165) is 27.6 Å². The van der Waals surface area contributed by atoms with E-state index in [4.69, 9.17) is 5.73 Å². The second-order valence-corrected chi connectivity index (χ2v) is 8.98. The molecule has 0 aliphatic carbocycles. The summed E-state index contributed by atoms with van der Waals surface area (Å²) in [5.74, 6) is 0.640. The second-order valence-electron chi connectivity index (χ2n) is 8.98. The van der Waals surface area contributed by atoms with Crippen molar-refractivity contribution in [3.8, 4) is 11.1 Å². The van der Waals surface area contributed by atoms with E-state index in [9.17, 15) is 14.7 Å². The third-order valence-corrected chi connectivity index (χ3v) is 5.37. The predicted molar refractivity (Wildman–Crippen MR) is 133 cm³/mol. The molecule has 2 aromatic heterocycles. The lowest BCUT2D eigenvalue weighted by molar-refractivity contribution is -0.115. The number of aromatic amines is 1. The number of nitrogens with one attached hydrogen (secondary N) is 2. The van der Waals surface area contributed by atoms with Crippen molar-refractivity contribution in [3.05, 3.63) is 66.4 Å². The van der Waals surface area contributed by atoms with Crippen LogP contribution in [0.1, 0.15) is 26.3 Å². The quantitative estimate of drug-likeness (QED) is 0.343. The molecule has 4 aromatic rings. The lowest BCUT2D eigenvalue weighted by Crippen LogP contribution is -2.45. The number of nitrogens with zero attached hydrogens (tertiary/aromatic N) is 3. The zero-order valence-electron chi connectivity index (χ0n) is 19.2. The number of carbonyl (C=O) groups excluding carboxylic acids is 1. The highest BCUT2D eigenvalue weighted by Gasteiger charge is 2.27. The highest BCUT2D eigenvalue weighted by Crippen LogP contribution is 2.28. The highest BCUT2D eigenvalue weighted by atomic mass is 16.4. The zero-order chi connectivity index (χ0) is 24.5. The topological polar surface area (TPSA) is 137 Å². The van der Waals surface area contributed by atoms with Crippen LogP contribution in [0, 0.1) is 0 Å². The largest absolute Gasteiger partial charge is 0.465 e. The van der Waals surface area contributed by atoms with Crippen molar-refractivity contribution < 1.29 is 14.7 Å². The van der Waals surface area contributed by atoms with Crippen LogP contribution in [0.25, 0.3) is 22.0 Å². The van der Waals surface area contributed by atoms with Crippen molar-refractivity contribution in [2.45, 2.75) is 32.7 Å². The van der Waals surface area contributed by atoms with Crippen LogP contribution in [0.5, 0.6) is 0 Å². The molecular weight excluding hydrogens is 432 g/mol. The van der Waals surface area contributed by atoms with Crippen LogP contribution in [0.4, 0.5) is 22.1 Å². The van der Waals surface area contributed by atoms with Gasteiger partial charge < -0.3 is 16.2 Å². The Kier molecular flexibility index (Phi) is 5.93. The first-order valence-electron chi connectivity index (χ1n) is 10.7. The van der Waals surface area contributed by atoms with E-state index in [1.165, 1.54) is 4.90 Å². The third kappa shape index (κ3) is 4.83. The number of amides is 2. The molecular formula is C25H26N6O3. The van der Waals surface area contributed by atoms with Crippen LogP contribution < -0.4 is 16.0 Å². The number of benzene rings is 2. The molecule has 0 bridgehead atoms. The van der Waals surface area contributed by atoms with Gasteiger partial charge >= 0.3 is 6.09 Å². The molecule has 2 amide bonds. The number of rotatable bonds is 5. The Balaban J connectivity index is 1.46. The van der Waals surface area contributed by atoms with Gasteiger partial charge in [0.25, 0.3) is 0 Å². The van der Waals surface area contributed by atoms with Crippen LogP contribution in [-0.4, -0.2) is 37.8 Å². The standard InChI is InChI=1S/C25H26N6O3/c1-25(2,3)31(24(33)34)18-7-4-15(5-8-18)12-22(32)28-21-14-17(10-11-27-21)16-6-9-20-19(13-16)23(26)30-29-20/h4-11,13-14H,12H2,1-3H3,(H,33,34)(H3,26,29,30)(H,27,28,32). The number of hydrogen-bond acceptors (Lipinski definition) is 5. The fourth-order valence-electron chi connectivity index (χ4n) is 3.81. The maximum Gasteiger partial charge on any atom is 0.412 e. The highest BCUT2D eigenvalue weighted by molar-refractivity contribution is 5.94. The van der Waals surface area contributed by atoms with E-state index >= 15 is 0 Å². The molecule has 0 radical (unpaired) electrons. The minimum atomic E-state index is -1.03. The summed E-state index contributed by atoms with van der Waals surface area (Å²) in [6, 6.07) is 16.4. The van der Waals surface area contributed by atoms with Crippen LogP contribution >= 0.6 is 0 Å². The van der Waals surface area contributed by atoms with Crippen molar-refractivity contribution >= 4 is 40.2 Å². The summed E-state index contributed by atoms with van der Waals surface area (Å²) in [7, 11) is 0. The van der Waals surface area contributed by atoms with Crippen LogP contribution in [0.3, 0.4) is 0 Å². The van der Waals surface area contributed by atoms with Gasteiger partial charge in [0.2, 0.25) is 5.91 Å². The predicted octanol–water partition coefficient (Wildman–Crippen LogP) is 4.67. The number of H-pyrrole nitrogens is 1. The van der Waals surface area contributed by atoms with E-state index in [1.807, 2.05) is 45.0 Å². The summed E-state index contributed by atoms with van der Waals surface area (Å²) in [6.45, 7) is 5.48. The number of anilines is 3. The van der Waals surface area contributed by atoms with Crippen molar-refractivity contribution in [1.29, 1.82) is 0 Å². The lowest BCUT2D eigenvalue weighted by atomic mass is 10.0. The lowest BCUT2D eigenvalue weighted by Gasteiger charge is -2.33. The number of pyridine rings is 1. The fraction of sp³-hybridized carbons (Fsp3) is 0.200. The smallest absolute Gasteiger partial charge is 0.412 e. The fourth-order valence-corrected chi connectivity index (χ4v) is 3.81. The molecule has 0 atom stereocenters. The first-order valence-corrected chi connectivity index (χ1v) is 10.7. The first-order chi connectivity index (χ1) is 16.1. The average molecular weight is 459 g/mol. The van der Waals surface area contributed by atoms with Gasteiger partial charge in [0.15, 0.2) is 5.82 Å². The molecule has 0 aliphatic rings. The Labute approximate surface area is 196 Å². The maximum absolute atomic E-state index is 12.6. The molecule has 174 valence electrons. The van der Waals surface area contributed by atoms with Crippen molar-refractivity contribution in [2.75, 3.05) is 16.0 Å². The van der Waals surface area contributed by atoms with Crippen LogP contribution in [-0.2, 0) is 11.2 Å². The van der Waals surface area contributed by atoms with E-state index in [0.29, 0.717) is 17.3 Å². The van der Waals surface area contributed by atoms with Gasteiger partial charge in [-0.1, -0.05) is 18.2 Å². The minimum absolute atomic E-state index is 0.131. The molecule has 5 N–H and O–H groups in total. The summed E-state index contributed by atoms with van der Waals surface area (Å²) in [6.07, 6.45) is 0.737. The van der Waals surface area contributed by atoms with Crippen LogP contribution in [0.15, 0.2) is 60.8 Å². The summed E-state index contributed by atoms with van der Waals surface area (Å²) in [5.41, 5.74) is 9.29. The van der Waals surface area contributed by atoms with Gasteiger partial charge in [0, 0.05) is 22.8 Å². The van der Waals surface area contributed by atoms with Gasteiger partial charge in [0.05, 0.1) is 11.9 Å². The molecule has 0 fully saturated rings. The monoisotopic (exact) mass is 458 g/mol. The molecule has 34 heavy (non-hydrogen) atoms. The first kappa shape index (κ1) is 22.8. The Morgan fingerprint density at radius 3 is 2.44 bits per heavy atom. The average Bonchev–Trinajstić information content (AvgIpc) is 3.14. The third-order valence-electron chi connectivity index (χ3n) is 5.37. The van der Waals surface area contributed by atoms with Crippen LogP contribution in [0.2, 0.25) is 0 Å². The Morgan fingerprint density at radius 2 is 1.76 bits per heavy atom. The molecule has 0 unspecified atom stereocenters. The van der Waals surface area contributed by atoms with E-state index in [1.54, 1.807) is 36.5 Å². The number of nitrogens with two attached hydrogens (primary N) is 1. The Morgan fingerprint density at radius 1 is 1.06 bits per heavy atom. The number of fused-ring (bicyclic) bond motifs is 1. The molecule has 0 spiro atoms. The number of nitrogen functional groups attached to an aromatic ring is 1. The number of carbonyl (C=O) groups is 2. The summed E-state index contributed by atoms with van der Waals surface area (Å²) in [4.78, 5) is 29.8. The van der Waals surface area contributed by atoms with E-state index in [-0.39, 0.29) is 12.3 Å². The molecule has 9 heteroatoms. The zero-order valence-corrected chi connectivity index (χ0v) is 19.2. The number of carboxylic acid groups (broad SMARTS) is 1. The number of hydrogen-bond donors (Lipinski definition) is 4. The second kappa shape index (κ2) is 8.86. The van der Waals surface area contributed by atoms with Gasteiger partial charge in [0.1, 0.15) is 5.82 Å². The Bertz CT molecular complexity index is 1360. The molecule has 0 aliphatic heterocycles. The Hall–Kier alpha value is -4.40. The van der Waals surface area contributed by atoms with Crippen molar-refractivity contribution in [2.24, 2.45) is 0 Å². The summed E-state index contributed by atoms with van der Waals surface area (Å²) in [5, 5.41) is 20.1. The molecule has 0 saturated heterocycles. The van der Waals surface area contributed by atoms with Crippen molar-refractivity contribution in [1.82, 2.24) is 15.2 Å². The van der Waals surface area contributed by atoms with Gasteiger partial charge in [-0.05, 0) is 73.9 Å². The van der Waals surface area contributed by atoms with E-state index < -0.39 is 11.6 Å². The molecule has 2 heterocycles. The van der Waals surface area contributed by atoms with Gasteiger partial charge in [-0.25, -0.2) is 9.78 Å². The summed E-state index contributed by atoms with van der Waals surface area (Å²) < 4.78 is 0. The number of aromatic nitrogens is 3. The minimum Gasteiger partial charge on any atom is -0.465 e. The molecule has 4 rings (SSSR count). The SMILES string of the molecule is CC(C)(C)N(C(=O)O)c1ccc(CC(=O)Nc2cc(-c3ccc4[nH]nc(N)c4c3)ccn2)cc1. The normalized spacial score (nSPS) is 11.4. The molecule has 0 saturated carbocycles. The summed E-state index contributed by atoms with van der Waals surface area (Å²) >= 11 is 0. The van der Waals surface area contributed by atoms with Gasteiger partial charge in [-0.15, -0.1) is 0 Å². The van der Waals surface area contributed by atoms with Gasteiger partial charge in [-0.3, -0.25) is 14.8 Å².